The first-order chi connectivity index (χ1) is 7.83. The lowest BCUT2D eigenvalue weighted by Gasteiger charge is -2.18. The standard InChI is InChI=1S/C12H16N2OS/c13-5-9-4-11(16-8-9)6-14-12-3-1-2-10(12)7-15/h4,8,10,12,14-15H,1-3,6-7H2. The number of nitriles is 1. The molecular weight excluding hydrogens is 220 g/mol. The summed E-state index contributed by atoms with van der Waals surface area (Å²) in [6, 6.07) is 4.51. The van der Waals surface area contributed by atoms with Gasteiger partial charge in [0.1, 0.15) is 6.07 Å². The van der Waals surface area contributed by atoms with E-state index in [0.29, 0.717) is 12.0 Å². The number of nitrogens with one attached hydrogen (secondary N) is 1. The van der Waals surface area contributed by atoms with Gasteiger partial charge in [0, 0.05) is 29.5 Å². The number of nitrogens with zero attached hydrogens (tertiary/aromatic N) is 1. The number of thiophene rings is 1. The Morgan fingerprint density at radius 3 is 3.12 bits per heavy atom. The Hall–Kier alpha value is -0.890. The summed E-state index contributed by atoms with van der Waals surface area (Å²) in [4.78, 5) is 1.19. The molecule has 1 aliphatic carbocycles. The number of aliphatic hydroxyl groups is 1. The Kier molecular flexibility index (Phi) is 3.94. The minimum Gasteiger partial charge on any atom is -0.396 e. The van der Waals surface area contributed by atoms with Gasteiger partial charge in [0.05, 0.1) is 5.56 Å². The number of rotatable bonds is 4. The van der Waals surface area contributed by atoms with Gasteiger partial charge in [0.25, 0.3) is 0 Å². The normalized spacial score (nSPS) is 24.5. The van der Waals surface area contributed by atoms with E-state index in [-0.39, 0.29) is 6.61 Å². The van der Waals surface area contributed by atoms with Crippen molar-refractivity contribution >= 4 is 11.3 Å². The molecule has 4 heteroatoms. The fraction of sp³-hybridized carbons (Fsp3) is 0.583. The molecule has 16 heavy (non-hydrogen) atoms. The fourth-order valence-corrected chi connectivity index (χ4v) is 3.05. The first-order valence-electron chi connectivity index (χ1n) is 5.65. The molecule has 1 fully saturated rings. The van der Waals surface area contributed by atoms with Crippen molar-refractivity contribution in [1.29, 1.82) is 5.26 Å². The van der Waals surface area contributed by atoms with Crippen molar-refractivity contribution in [3.63, 3.8) is 0 Å². The molecular formula is C12H16N2OS. The minimum atomic E-state index is 0.283. The molecule has 2 atom stereocenters. The summed E-state index contributed by atoms with van der Waals surface area (Å²) in [5, 5.41) is 23.3. The third-order valence-corrected chi connectivity index (χ3v) is 4.15. The van der Waals surface area contributed by atoms with Crippen LogP contribution in [0.2, 0.25) is 0 Å². The van der Waals surface area contributed by atoms with Crippen LogP contribution in [0.25, 0.3) is 0 Å². The monoisotopic (exact) mass is 236 g/mol. The second-order valence-corrected chi connectivity index (χ2v) is 5.27. The van der Waals surface area contributed by atoms with Crippen LogP contribution >= 0.6 is 11.3 Å². The van der Waals surface area contributed by atoms with Crippen molar-refractivity contribution in [2.75, 3.05) is 6.61 Å². The highest BCUT2D eigenvalue weighted by Crippen LogP contribution is 2.25. The Balaban J connectivity index is 1.85. The van der Waals surface area contributed by atoms with Crippen LogP contribution in [-0.2, 0) is 6.54 Å². The maximum absolute atomic E-state index is 9.20. The number of aliphatic hydroxyl groups excluding tert-OH is 1. The predicted octanol–water partition coefficient (Wildman–Crippen LogP) is 1.87. The van der Waals surface area contributed by atoms with Gasteiger partial charge in [0.2, 0.25) is 0 Å². The van der Waals surface area contributed by atoms with Crippen LogP contribution in [0.5, 0.6) is 0 Å². The Labute approximate surface area is 99.7 Å². The predicted molar refractivity (Wildman–Crippen MR) is 64.1 cm³/mol. The van der Waals surface area contributed by atoms with Gasteiger partial charge in [-0.05, 0) is 24.8 Å². The lowest BCUT2D eigenvalue weighted by Crippen LogP contribution is -2.33. The van der Waals surface area contributed by atoms with Gasteiger partial charge in [-0.2, -0.15) is 5.26 Å². The summed E-state index contributed by atoms with van der Waals surface area (Å²) in [7, 11) is 0. The summed E-state index contributed by atoms with van der Waals surface area (Å²) in [5.74, 6) is 0.412. The van der Waals surface area contributed by atoms with Crippen LogP contribution < -0.4 is 5.32 Å². The van der Waals surface area contributed by atoms with Gasteiger partial charge in [-0.3, -0.25) is 0 Å². The maximum Gasteiger partial charge on any atom is 0.100 e. The zero-order valence-electron chi connectivity index (χ0n) is 9.15. The van der Waals surface area contributed by atoms with E-state index in [4.69, 9.17) is 5.26 Å². The molecule has 0 amide bonds. The van der Waals surface area contributed by atoms with Crippen LogP contribution in [0.15, 0.2) is 11.4 Å². The molecule has 0 aromatic carbocycles. The van der Waals surface area contributed by atoms with Gasteiger partial charge < -0.3 is 10.4 Å². The quantitative estimate of drug-likeness (QED) is 0.839. The lowest BCUT2D eigenvalue weighted by atomic mass is 10.1. The number of hydrogen-bond acceptors (Lipinski definition) is 4. The molecule has 2 rings (SSSR count). The summed E-state index contributed by atoms with van der Waals surface area (Å²) in [6.07, 6.45) is 3.49. The van der Waals surface area contributed by atoms with E-state index < -0.39 is 0 Å². The molecule has 0 bridgehead atoms. The number of hydrogen-bond donors (Lipinski definition) is 2. The van der Waals surface area contributed by atoms with Crippen molar-refractivity contribution in [2.24, 2.45) is 5.92 Å². The molecule has 3 nitrogen and oxygen atoms in total. The van der Waals surface area contributed by atoms with E-state index in [1.54, 1.807) is 11.3 Å². The van der Waals surface area contributed by atoms with Crippen molar-refractivity contribution < 1.29 is 5.11 Å². The smallest absolute Gasteiger partial charge is 0.100 e. The van der Waals surface area contributed by atoms with Crippen LogP contribution in [0, 0.1) is 17.2 Å². The minimum absolute atomic E-state index is 0.283. The average Bonchev–Trinajstić information content (AvgIpc) is 2.94. The topological polar surface area (TPSA) is 56.0 Å². The van der Waals surface area contributed by atoms with Crippen LogP contribution in [0.4, 0.5) is 0 Å². The molecule has 0 spiro atoms. The molecule has 0 saturated heterocycles. The molecule has 86 valence electrons. The van der Waals surface area contributed by atoms with E-state index >= 15 is 0 Å². The van der Waals surface area contributed by atoms with E-state index in [2.05, 4.69) is 11.4 Å². The molecule has 1 heterocycles. The van der Waals surface area contributed by atoms with Gasteiger partial charge in [0.15, 0.2) is 0 Å². The average molecular weight is 236 g/mol. The lowest BCUT2D eigenvalue weighted by molar-refractivity contribution is 0.205. The third kappa shape index (κ3) is 2.62. The summed E-state index contributed by atoms with van der Waals surface area (Å²) in [5.41, 5.74) is 0.743. The molecule has 1 aromatic rings. The summed E-state index contributed by atoms with van der Waals surface area (Å²) >= 11 is 1.62. The van der Waals surface area contributed by atoms with Gasteiger partial charge >= 0.3 is 0 Å². The first kappa shape index (κ1) is 11.6. The molecule has 0 aliphatic heterocycles. The van der Waals surface area contributed by atoms with Crippen LogP contribution in [0.3, 0.4) is 0 Å². The van der Waals surface area contributed by atoms with Crippen molar-refractivity contribution in [3.8, 4) is 6.07 Å². The van der Waals surface area contributed by atoms with Crippen molar-refractivity contribution in [2.45, 2.75) is 31.8 Å². The van der Waals surface area contributed by atoms with Crippen molar-refractivity contribution in [1.82, 2.24) is 5.32 Å². The maximum atomic E-state index is 9.20. The SMILES string of the molecule is N#Cc1csc(CNC2CCCC2CO)c1. The summed E-state index contributed by atoms with van der Waals surface area (Å²) in [6.45, 7) is 1.10. The fourth-order valence-electron chi connectivity index (χ4n) is 2.29. The molecule has 1 aliphatic rings. The molecule has 1 saturated carbocycles. The zero-order valence-corrected chi connectivity index (χ0v) is 9.96. The van der Waals surface area contributed by atoms with E-state index in [1.165, 1.54) is 11.3 Å². The van der Waals surface area contributed by atoms with Gasteiger partial charge in [-0.15, -0.1) is 11.3 Å². The Morgan fingerprint density at radius 1 is 1.56 bits per heavy atom. The van der Waals surface area contributed by atoms with Crippen LogP contribution in [-0.4, -0.2) is 17.8 Å². The van der Waals surface area contributed by atoms with E-state index in [9.17, 15) is 5.11 Å². The zero-order chi connectivity index (χ0) is 11.4. The largest absolute Gasteiger partial charge is 0.396 e. The first-order valence-corrected chi connectivity index (χ1v) is 6.53. The molecule has 0 radical (unpaired) electrons. The summed E-state index contributed by atoms with van der Waals surface area (Å²) < 4.78 is 0. The molecule has 1 aromatic heterocycles. The second kappa shape index (κ2) is 5.44. The van der Waals surface area contributed by atoms with Gasteiger partial charge in [-0.25, -0.2) is 0 Å². The molecule has 2 unspecified atom stereocenters. The highest BCUT2D eigenvalue weighted by molar-refractivity contribution is 7.10. The highest BCUT2D eigenvalue weighted by atomic mass is 32.1. The van der Waals surface area contributed by atoms with E-state index in [0.717, 1.165) is 24.9 Å². The Morgan fingerprint density at radius 2 is 2.44 bits per heavy atom. The molecule has 2 N–H and O–H groups in total. The van der Waals surface area contributed by atoms with Gasteiger partial charge in [-0.1, -0.05) is 6.42 Å². The third-order valence-electron chi connectivity index (χ3n) is 3.21. The van der Waals surface area contributed by atoms with Crippen molar-refractivity contribution in [3.05, 3.63) is 21.9 Å². The highest BCUT2D eigenvalue weighted by Gasteiger charge is 2.25. The van der Waals surface area contributed by atoms with Crippen LogP contribution in [0.1, 0.15) is 29.7 Å². The second-order valence-electron chi connectivity index (χ2n) is 4.27. The Bertz CT molecular complexity index is 383. The van der Waals surface area contributed by atoms with E-state index in [1.807, 2.05) is 11.4 Å².